The Balaban J connectivity index is 0. The van der Waals surface area contributed by atoms with Crippen molar-refractivity contribution in [2.75, 3.05) is 0 Å². The molecule has 0 heterocycles. The summed E-state index contributed by atoms with van der Waals surface area (Å²) in [6, 6.07) is 0. The first-order valence-corrected chi connectivity index (χ1v) is 4.18. The van der Waals surface area contributed by atoms with Crippen LogP contribution in [0.3, 0.4) is 0 Å². The molecule has 0 amide bonds. The summed E-state index contributed by atoms with van der Waals surface area (Å²) in [5, 5.41) is 0. The average molecular weight is 173 g/mol. The second-order valence-electron chi connectivity index (χ2n) is 0.0639. The van der Waals surface area contributed by atoms with Gasteiger partial charge in [-0.05, 0) is 0 Å². The van der Waals surface area contributed by atoms with E-state index < -0.39 is 0 Å². The molecule has 0 aromatic heterocycles. The molecule has 0 aliphatic carbocycles. The summed E-state index contributed by atoms with van der Waals surface area (Å²) in [6.07, 6.45) is 0. The molecule has 0 nitrogen and oxygen atoms in total. The predicted octanol–water partition coefficient (Wildman–Crippen LogP) is 1.37. The number of rotatable bonds is 0. The van der Waals surface area contributed by atoms with Crippen LogP contribution >= 0.6 is 19.7 Å². The minimum atomic E-state index is -0.368. The molecular weight excluding hydrogens is 173 g/mol. The molecule has 0 saturated carbocycles. The fraction of sp³-hybridized carbons (Fsp3) is 0. The molecule has 0 aromatic rings. The Bertz CT molecular complexity index is 4.00. The van der Waals surface area contributed by atoms with Crippen LogP contribution in [0.25, 0.3) is 0 Å². The van der Waals surface area contributed by atoms with E-state index in [1.807, 2.05) is 0 Å². The van der Waals surface area contributed by atoms with E-state index in [1.54, 1.807) is 0 Å². The smallest absolute Gasteiger partial charge is 0 e. The van der Waals surface area contributed by atoms with E-state index in [4.69, 9.17) is 19.7 Å². The van der Waals surface area contributed by atoms with Crippen molar-refractivity contribution in [1.29, 1.82) is 0 Å². The second-order valence-corrected chi connectivity index (χ2v) is 2.37. The third kappa shape index (κ3) is 9.26. The third-order valence-electron chi connectivity index (χ3n) is 0. The van der Waals surface area contributed by atoms with Crippen molar-refractivity contribution in [3.8, 4) is 0 Å². The molecule has 0 rings (SSSR count). The molecule has 24 valence electrons. The summed E-state index contributed by atoms with van der Waals surface area (Å²) in [5.74, 6) is 0. The molecule has 0 aliphatic rings. The third-order valence-corrected chi connectivity index (χ3v) is 0. The van der Waals surface area contributed by atoms with Crippen molar-refractivity contribution in [3.63, 3.8) is 0 Å². The normalized spacial score (nSPS) is 3.50. The molecule has 0 unspecified atom stereocenters. The molecule has 0 fully saturated rings. The number of hydrogen-bond donors (Lipinski definition) is 0. The van der Waals surface area contributed by atoms with E-state index >= 15 is 0 Å². The van der Waals surface area contributed by atoms with Crippen LogP contribution in [-0.4, -0.2) is 0 Å². The first-order valence-electron chi connectivity index (χ1n) is 0.338. The van der Waals surface area contributed by atoms with Gasteiger partial charge in [0.2, 0.25) is 0 Å². The van der Waals surface area contributed by atoms with Gasteiger partial charge in [0, 0.05) is 18.6 Å². The topological polar surface area (TPSA) is 0 Å². The van der Waals surface area contributed by atoms with Crippen molar-refractivity contribution in [2.45, 2.75) is 0 Å². The van der Waals surface area contributed by atoms with Gasteiger partial charge in [-0.15, -0.1) is 0 Å². The van der Waals surface area contributed by atoms with Crippen LogP contribution < -0.4 is 0 Å². The summed E-state index contributed by atoms with van der Waals surface area (Å²) >= 11 is -0.368. The van der Waals surface area contributed by atoms with Gasteiger partial charge in [-0.3, -0.25) is 0 Å². The van der Waals surface area contributed by atoms with Crippen molar-refractivity contribution < 1.29 is 32.9 Å². The molecule has 0 aliphatic heterocycles. The summed E-state index contributed by atoms with van der Waals surface area (Å²) in [5.41, 5.74) is 0. The first kappa shape index (κ1) is 9.22. The summed E-state index contributed by atoms with van der Waals surface area (Å²) < 4.78 is 0. The van der Waals surface area contributed by atoms with Crippen LogP contribution in [0.1, 0.15) is 0 Å². The molecule has 0 saturated heterocycles. The Morgan fingerprint density at radius 2 is 1.25 bits per heavy atom. The Labute approximate surface area is 52.4 Å². The van der Waals surface area contributed by atoms with Gasteiger partial charge in [0.15, 0.2) is 0 Å². The molecule has 0 atom stereocenters. The summed E-state index contributed by atoms with van der Waals surface area (Å²) in [4.78, 5) is 0. The SMILES string of the molecule is [Cl][V][Cl].[V]. The van der Waals surface area contributed by atoms with Crippen molar-refractivity contribution >= 4 is 19.7 Å². The fourth-order valence-corrected chi connectivity index (χ4v) is 0. The van der Waals surface area contributed by atoms with Gasteiger partial charge in [0.05, 0.1) is 0 Å². The first-order chi connectivity index (χ1) is 1.41. The van der Waals surface area contributed by atoms with E-state index in [2.05, 4.69) is 0 Å². The van der Waals surface area contributed by atoms with Gasteiger partial charge in [0.25, 0.3) is 0 Å². The molecule has 1 radical (unpaired) electrons. The van der Waals surface area contributed by atoms with Crippen molar-refractivity contribution in [3.05, 3.63) is 0 Å². The molecule has 0 aromatic carbocycles. The van der Waals surface area contributed by atoms with Crippen LogP contribution in [0.5, 0.6) is 0 Å². The molecule has 0 spiro atoms. The Morgan fingerprint density at radius 1 is 1.25 bits per heavy atom. The summed E-state index contributed by atoms with van der Waals surface area (Å²) in [6.45, 7) is 0. The van der Waals surface area contributed by atoms with Gasteiger partial charge in [-0.1, -0.05) is 0 Å². The quantitative estimate of drug-likeness (QED) is 0.518. The average Bonchev–Trinajstić information content (AvgIpc) is 0.918. The van der Waals surface area contributed by atoms with Crippen molar-refractivity contribution in [2.24, 2.45) is 0 Å². The Hall–Kier alpha value is 1.75. The zero-order valence-electron chi connectivity index (χ0n) is 1.65. The predicted molar refractivity (Wildman–Crippen MR) is 11.7 cm³/mol. The largest absolute Gasteiger partial charge is 0 e. The maximum absolute atomic E-state index is 4.86. The van der Waals surface area contributed by atoms with Gasteiger partial charge in [0.1, 0.15) is 0 Å². The van der Waals surface area contributed by atoms with E-state index in [1.165, 1.54) is 0 Å². The van der Waals surface area contributed by atoms with E-state index in [9.17, 15) is 0 Å². The van der Waals surface area contributed by atoms with Crippen LogP contribution in [-0.2, 0) is 32.9 Å². The number of halogens is 2. The Morgan fingerprint density at radius 3 is 1.25 bits per heavy atom. The van der Waals surface area contributed by atoms with Gasteiger partial charge < -0.3 is 0 Å². The molecule has 4 heteroatoms. The Kier molecular flexibility index (Phi) is 20.4. The van der Waals surface area contributed by atoms with Crippen molar-refractivity contribution in [1.82, 2.24) is 0 Å². The second kappa shape index (κ2) is 8.83. The van der Waals surface area contributed by atoms with E-state index in [0.717, 1.165) is 0 Å². The minimum Gasteiger partial charge on any atom is 0 e. The van der Waals surface area contributed by atoms with E-state index in [-0.39, 0.29) is 32.9 Å². The van der Waals surface area contributed by atoms with Crippen LogP contribution in [0, 0.1) is 0 Å². The monoisotopic (exact) mass is 172 g/mol. The molecule has 0 N–H and O–H groups in total. The van der Waals surface area contributed by atoms with Crippen LogP contribution in [0.2, 0.25) is 0 Å². The zero-order valence-corrected chi connectivity index (χ0v) is 5.96. The summed E-state index contributed by atoms with van der Waals surface area (Å²) in [7, 11) is 9.72. The van der Waals surface area contributed by atoms with Crippen LogP contribution in [0.4, 0.5) is 0 Å². The molecule has 4 heavy (non-hydrogen) atoms. The molecular formula is Cl2V2. The fourth-order valence-electron chi connectivity index (χ4n) is 0. The van der Waals surface area contributed by atoms with Gasteiger partial charge in [-0.2, -0.15) is 0 Å². The standard InChI is InChI=1S/2ClH.2V/h2*1H;;/q;;;+2/p-2. The zero-order chi connectivity index (χ0) is 2.71. The maximum atomic E-state index is 4.86. The minimum absolute atomic E-state index is 0. The maximum Gasteiger partial charge on any atom is 0 e. The van der Waals surface area contributed by atoms with Gasteiger partial charge >= 0.3 is 34.1 Å². The number of hydrogen-bond acceptors (Lipinski definition) is 0. The molecule has 0 bridgehead atoms. The van der Waals surface area contributed by atoms with Gasteiger partial charge in [-0.25, -0.2) is 0 Å². The van der Waals surface area contributed by atoms with E-state index in [0.29, 0.717) is 0 Å². The van der Waals surface area contributed by atoms with Crippen LogP contribution in [0.15, 0.2) is 0 Å².